The van der Waals surface area contributed by atoms with Gasteiger partial charge in [-0.15, -0.1) is 0 Å². The number of anilines is 1. The molecule has 0 aliphatic rings. The van der Waals surface area contributed by atoms with Gasteiger partial charge in [-0.2, -0.15) is 8.42 Å². The molecule has 0 atom stereocenters. The molecule has 32 heavy (non-hydrogen) atoms. The number of ether oxygens (including phenoxy) is 1. The van der Waals surface area contributed by atoms with Gasteiger partial charge in [0.05, 0.1) is 7.11 Å². The Hall–Kier alpha value is -3.43. The Morgan fingerprint density at radius 2 is 1.53 bits per heavy atom. The molecule has 0 aliphatic carbocycles. The third kappa shape index (κ3) is 6.29. The maximum Gasteiger partial charge on any atom is 0.339 e. The predicted molar refractivity (Wildman–Crippen MR) is 118 cm³/mol. The molecule has 9 heteroatoms. The molecule has 3 aromatic rings. The first kappa shape index (κ1) is 23.2. The molecule has 2 N–H and O–H groups in total. The molecule has 1 amide bonds. The van der Waals surface area contributed by atoms with E-state index in [9.17, 15) is 17.6 Å². The van der Waals surface area contributed by atoms with Gasteiger partial charge < -0.3 is 19.6 Å². The highest BCUT2D eigenvalue weighted by atomic mass is 32.2. The van der Waals surface area contributed by atoms with Crippen LogP contribution in [0.1, 0.15) is 18.1 Å². The molecule has 3 rings (SSSR count). The second kappa shape index (κ2) is 10.3. The zero-order valence-corrected chi connectivity index (χ0v) is 18.4. The van der Waals surface area contributed by atoms with Crippen molar-refractivity contribution in [3.05, 3.63) is 83.7 Å². The van der Waals surface area contributed by atoms with Gasteiger partial charge in [-0.1, -0.05) is 18.2 Å². The summed E-state index contributed by atoms with van der Waals surface area (Å²) in [5.41, 5.74) is 2.17. The Morgan fingerprint density at radius 1 is 0.906 bits per heavy atom. The highest BCUT2D eigenvalue weighted by molar-refractivity contribution is 7.87. The molecular formula is C23H23FN2O5S. The number of rotatable bonds is 9. The van der Waals surface area contributed by atoms with Crippen molar-refractivity contribution < 1.29 is 26.5 Å². The fourth-order valence-corrected chi connectivity index (χ4v) is 3.86. The summed E-state index contributed by atoms with van der Waals surface area (Å²) in [5.74, 6) is -0.228. The minimum atomic E-state index is -4.12. The Morgan fingerprint density at radius 3 is 2.16 bits per heavy atom. The summed E-state index contributed by atoms with van der Waals surface area (Å²) in [7, 11) is -2.70. The average Bonchev–Trinajstić information content (AvgIpc) is 2.75. The van der Waals surface area contributed by atoms with Gasteiger partial charge in [0.1, 0.15) is 10.7 Å². The molecule has 0 heterocycles. The zero-order chi connectivity index (χ0) is 23.1. The second-order valence-electron chi connectivity index (χ2n) is 6.96. The van der Waals surface area contributed by atoms with Crippen molar-refractivity contribution >= 4 is 21.7 Å². The summed E-state index contributed by atoms with van der Waals surface area (Å²) >= 11 is 0. The second-order valence-corrected chi connectivity index (χ2v) is 8.50. The lowest BCUT2D eigenvalue weighted by Gasteiger charge is -2.13. The Bertz CT molecular complexity index is 1180. The minimum Gasteiger partial charge on any atom is -0.493 e. The number of amides is 1. The van der Waals surface area contributed by atoms with Crippen LogP contribution in [0.25, 0.3) is 0 Å². The lowest BCUT2D eigenvalue weighted by molar-refractivity contribution is -0.114. The quantitative estimate of drug-likeness (QED) is 0.473. The van der Waals surface area contributed by atoms with Crippen LogP contribution in [0.15, 0.2) is 71.6 Å². The van der Waals surface area contributed by atoms with Gasteiger partial charge >= 0.3 is 10.1 Å². The number of carbonyl (C=O) groups is 1. The highest BCUT2D eigenvalue weighted by Gasteiger charge is 2.19. The Labute approximate surface area is 186 Å². The fourth-order valence-electron chi connectivity index (χ4n) is 2.92. The fraction of sp³-hybridized carbons (Fsp3) is 0.174. The third-order valence-electron chi connectivity index (χ3n) is 4.46. The highest BCUT2D eigenvalue weighted by Crippen LogP contribution is 2.31. The number of methoxy groups -OCH3 is 1. The van der Waals surface area contributed by atoms with Crippen LogP contribution in [0.4, 0.5) is 10.1 Å². The molecule has 0 aliphatic heterocycles. The van der Waals surface area contributed by atoms with Gasteiger partial charge in [-0.25, -0.2) is 4.39 Å². The van der Waals surface area contributed by atoms with Crippen molar-refractivity contribution in [2.75, 3.05) is 12.4 Å². The summed E-state index contributed by atoms with van der Waals surface area (Å²) in [6.07, 6.45) is 0. The minimum absolute atomic E-state index is 0.0551. The van der Waals surface area contributed by atoms with Crippen molar-refractivity contribution in [3.63, 3.8) is 0 Å². The van der Waals surface area contributed by atoms with E-state index in [4.69, 9.17) is 8.92 Å². The molecule has 0 saturated heterocycles. The summed E-state index contributed by atoms with van der Waals surface area (Å²) < 4.78 is 49.0. The monoisotopic (exact) mass is 458 g/mol. The van der Waals surface area contributed by atoms with Gasteiger partial charge in [-0.3, -0.25) is 4.79 Å². The van der Waals surface area contributed by atoms with Crippen molar-refractivity contribution in [1.82, 2.24) is 5.32 Å². The van der Waals surface area contributed by atoms with Gasteiger partial charge in [0.15, 0.2) is 11.5 Å². The lowest BCUT2D eigenvalue weighted by atomic mass is 10.2. The number of hydrogen-bond acceptors (Lipinski definition) is 6. The molecule has 0 spiro atoms. The smallest absolute Gasteiger partial charge is 0.339 e. The summed E-state index contributed by atoms with van der Waals surface area (Å²) in [5, 5.41) is 5.79. The van der Waals surface area contributed by atoms with Gasteiger partial charge in [0.25, 0.3) is 0 Å². The summed E-state index contributed by atoms with van der Waals surface area (Å²) in [6.45, 7) is 2.31. The maximum absolute atomic E-state index is 13.0. The number of hydrogen-bond donors (Lipinski definition) is 2. The van der Waals surface area contributed by atoms with E-state index >= 15 is 0 Å². The molecule has 0 fully saturated rings. The molecule has 0 unspecified atom stereocenters. The van der Waals surface area contributed by atoms with Crippen LogP contribution < -0.4 is 19.6 Å². The van der Waals surface area contributed by atoms with Gasteiger partial charge in [0.2, 0.25) is 5.91 Å². The number of nitrogens with one attached hydrogen (secondary N) is 2. The van der Waals surface area contributed by atoms with Gasteiger partial charge in [-0.05, 0) is 59.7 Å². The molecule has 3 aromatic carbocycles. The van der Waals surface area contributed by atoms with Crippen LogP contribution in [0.3, 0.4) is 0 Å². The summed E-state index contributed by atoms with van der Waals surface area (Å²) in [4.78, 5) is 11.1. The van der Waals surface area contributed by atoms with E-state index in [0.717, 1.165) is 11.1 Å². The van der Waals surface area contributed by atoms with Crippen LogP contribution in [-0.2, 0) is 28.0 Å². The van der Waals surface area contributed by atoms with Crippen molar-refractivity contribution in [3.8, 4) is 11.5 Å². The van der Waals surface area contributed by atoms with E-state index in [1.165, 1.54) is 50.4 Å². The van der Waals surface area contributed by atoms with Gasteiger partial charge in [0, 0.05) is 25.7 Å². The molecule has 0 bridgehead atoms. The van der Waals surface area contributed by atoms with Crippen LogP contribution in [0.5, 0.6) is 11.5 Å². The molecule has 0 aromatic heterocycles. The number of carbonyl (C=O) groups excluding carboxylic acids is 1. The predicted octanol–water partition coefficient (Wildman–Crippen LogP) is 3.85. The lowest BCUT2D eigenvalue weighted by Crippen LogP contribution is -2.14. The first-order valence-corrected chi connectivity index (χ1v) is 11.1. The number of halogens is 1. The van der Waals surface area contributed by atoms with Crippen LogP contribution in [-0.4, -0.2) is 21.4 Å². The van der Waals surface area contributed by atoms with Crippen molar-refractivity contribution in [2.45, 2.75) is 24.9 Å². The van der Waals surface area contributed by atoms with E-state index in [1.807, 2.05) is 0 Å². The van der Waals surface area contributed by atoms with E-state index in [-0.39, 0.29) is 28.1 Å². The normalized spacial score (nSPS) is 11.1. The third-order valence-corrected chi connectivity index (χ3v) is 5.71. The van der Waals surface area contributed by atoms with Crippen LogP contribution >= 0.6 is 0 Å². The van der Waals surface area contributed by atoms with Crippen molar-refractivity contribution in [2.24, 2.45) is 0 Å². The van der Waals surface area contributed by atoms with E-state index in [1.54, 1.807) is 30.3 Å². The first-order chi connectivity index (χ1) is 15.3. The largest absolute Gasteiger partial charge is 0.493 e. The standard InChI is InChI=1S/C23H23FN2O5S/c1-16(27)26-20-8-10-21(11-9-20)32(28,29)31-23-13-18(5-12-22(23)30-2)15-25-14-17-3-6-19(24)7-4-17/h3-13,25H,14-15H2,1-2H3,(H,26,27). The van der Waals surface area contributed by atoms with E-state index in [2.05, 4.69) is 10.6 Å². The maximum atomic E-state index is 13.0. The van der Waals surface area contributed by atoms with E-state index < -0.39 is 10.1 Å². The molecule has 7 nitrogen and oxygen atoms in total. The van der Waals surface area contributed by atoms with Crippen LogP contribution in [0, 0.1) is 5.82 Å². The molecule has 168 valence electrons. The average molecular weight is 459 g/mol. The Balaban J connectivity index is 1.71. The summed E-state index contributed by atoms with van der Waals surface area (Å²) in [6, 6.07) is 16.8. The first-order valence-electron chi connectivity index (χ1n) is 9.71. The Kier molecular flexibility index (Phi) is 7.45. The molecular weight excluding hydrogens is 435 g/mol. The SMILES string of the molecule is COc1ccc(CNCc2ccc(F)cc2)cc1OS(=O)(=O)c1ccc(NC(C)=O)cc1. The van der Waals surface area contributed by atoms with Crippen LogP contribution in [0.2, 0.25) is 0 Å². The molecule has 0 radical (unpaired) electrons. The topological polar surface area (TPSA) is 93.7 Å². The zero-order valence-electron chi connectivity index (χ0n) is 17.6. The van der Waals surface area contributed by atoms with E-state index in [0.29, 0.717) is 18.8 Å². The molecule has 0 saturated carbocycles. The number of benzene rings is 3. The van der Waals surface area contributed by atoms with Crippen molar-refractivity contribution in [1.29, 1.82) is 0 Å².